The third-order valence-electron chi connectivity index (χ3n) is 3.96. The molecule has 0 fully saturated rings. The minimum atomic E-state index is -3.19. The molecule has 0 saturated heterocycles. The van der Waals surface area contributed by atoms with Crippen molar-refractivity contribution in [2.45, 2.75) is 32.6 Å². The number of halogens is 2. The highest BCUT2D eigenvalue weighted by molar-refractivity contribution is 14.0. The van der Waals surface area contributed by atoms with E-state index in [-0.39, 0.29) is 35.5 Å². The molecule has 27 heavy (non-hydrogen) atoms. The van der Waals surface area contributed by atoms with Crippen molar-refractivity contribution < 1.29 is 12.8 Å². The molecule has 1 aromatic carbocycles. The van der Waals surface area contributed by atoms with Gasteiger partial charge in [-0.05, 0) is 42.8 Å². The summed E-state index contributed by atoms with van der Waals surface area (Å²) < 4.78 is 36.7. The van der Waals surface area contributed by atoms with Gasteiger partial charge in [0.05, 0.1) is 5.75 Å². The summed E-state index contributed by atoms with van der Waals surface area (Å²) in [5.41, 5.74) is 1.21. The molecule has 0 aromatic heterocycles. The molecule has 9 heteroatoms. The Kier molecular flexibility index (Phi) is 12.8. The molecule has 1 aromatic rings. The van der Waals surface area contributed by atoms with Crippen molar-refractivity contribution in [1.82, 2.24) is 15.5 Å². The normalized spacial score (nSPS) is 12.0. The molecule has 0 unspecified atom stereocenters. The van der Waals surface area contributed by atoms with Crippen LogP contribution >= 0.6 is 24.0 Å². The molecular formula is C18H32FIN4O2S. The van der Waals surface area contributed by atoms with E-state index in [0.29, 0.717) is 23.6 Å². The first-order valence-electron chi connectivity index (χ1n) is 8.91. The fraction of sp³-hybridized carbons (Fsp3) is 0.611. The number of nitrogens with zero attached hydrogens (tertiary/aromatic N) is 2. The molecule has 0 bridgehead atoms. The van der Waals surface area contributed by atoms with Crippen LogP contribution in [-0.2, 0) is 22.1 Å². The van der Waals surface area contributed by atoms with Crippen molar-refractivity contribution in [3.63, 3.8) is 0 Å². The minimum Gasteiger partial charge on any atom is -0.355 e. The van der Waals surface area contributed by atoms with E-state index >= 15 is 0 Å². The molecule has 0 radical (unpaired) electrons. The Morgan fingerprint density at radius 1 is 1.19 bits per heavy atom. The molecule has 0 aliphatic rings. The first-order valence-corrected chi connectivity index (χ1v) is 11.0. The molecule has 156 valence electrons. The average Bonchev–Trinajstić information content (AvgIpc) is 2.57. The van der Waals surface area contributed by atoms with Gasteiger partial charge in [-0.1, -0.05) is 19.9 Å². The first-order chi connectivity index (χ1) is 12.3. The van der Waals surface area contributed by atoms with Crippen molar-refractivity contribution in [3.05, 3.63) is 35.1 Å². The van der Waals surface area contributed by atoms with Crippen LogP contribution in [0.3, 0.4) is 0 Å². The molecule has 0 aliphatic heterocycles. The van der Waals surface area contributed by atoms with Gasteiger partial charge in [-0.2, -0.15) is 0 Å². The van der Waals surface area contributed by atoms with Gasteiger partial charge in [-0.15, -0.1) is 24.0 Å². The maximum absolute atomic E-state index is 13.6. The predicted molar refractivity (Wildman–Crippen MR) is 121 cm³/mol. The van der Waals surface area contributed by atoms with Crippen LogP contribution in [0.2, 0.25) is 0 Å². The summed E-state index contributed by atoms with van der Waals surface area (Å²) in [6, 6.07) is 4.17. The van der Waals surface area contributed by atoms with E-state index in [1.54, 1.807) is 7.05 Å². The SMILES string of the molecule is CCCN(CC)CCNC(=NC)NCc1cc(F)ccc1CS(C)(=O)=O.I. The fourth-order valence-electron chi connectivity index (χ4n) is 2.66. The summed E-state index contributed by atoms with van der Waals surface area (Å²) in [5, 5.41) is 6.35. The molecular weight excluding hydrogens is 482 g/mol. The number of likely N-dealkylation sites (N-methyl/N-ethyl adjacent to an activating group) is 1. The highest BCUT2D eigenvalue weighted by Crippen LogP contribution is 2.14. The summed E-state index contributed by atoms with van der Waals surface area (Å²) in [4.78, 5) is 6.51. The predicted octanol–water partition coefficient (Wildman–Crippen LogP) is 2.39. The smallest absolute Gasteiger partial charge is 0.191 e. The summed E-state index contributed by atoms with van der Waals surface area (Å²) in [5.74, 6) is 0.103. The number of guanidine groups is 1. The Balaban J connectivity index is 0.00000676. The molecule has 2 N–H and O–H groups in total. The lowest BCUT2D eigenvalue weighted by atomic mass is 10.1. The summed E-state index contributed by atoms with van der Waals surface area (Å²) >= 11 is 0. The average molecular weight is 514 g/mol. The number of nitrogens with one attached hydrogen (secondary N) is 2. The number of hydrogen-bond acceptors (Lipinski definition) is 4. The maximum Gasteiger partial charge on any atom is 0.191 e. The molecule has 0 spiro atoms. The lowest BCUT2D eigenvalue weighted by Gasteiger charge is -2.20. The van der Waals surface area contributed by atoms with Gasteiger partial charge in [-0.3, -0.25) is 4.99 Å². The largest absolute Gasteiger partial charge is 0.355 e. The Morgan fingerprint density at radius 3 is 2.44 bits per heavy atom. The Morgan fingerprint density at radius 2 is 1.89 bits per heavy atom. The Hall–Kier alpha value is -0.940. The molecule has 0 saturated carbocycles. The van der Waals surface area contributed by atoms with Gasteiger partial charge in [-0.25, -0.2) is 12.8 Å². The van der Waals surface area contributed by atoms with E-state index in [4.69, 9.17) is 0 Å². The van der Waals surface area contributed by atoms with E-state index in [2.05, 4.69) is 34.4 Å². The maximum atomic E-state index is 13.6. The van der Waals surface area contributed by atoms with Crippen LogP contribution in [0.15, 0.2) is 23.2 Å². The van der Waals surface area contributed by atoms with E-state index in [9.17, 15) is 12.8 Å². The Bertz CT molecular complexity index is 699. The monoisotopic (exact) mass is 514 g/mol. The van der Waals surface area contributed by atoms with Crippen LogP contribution in [0, 0.1) is 5.82 Å². The van der Waals surface area contributed by atoms with Gasteiger partial charge in [0.25, 0.3) is 0 Å². The summed E-state index contributed by atoms with van der Waals surface area (Å²) in [6.07, 6.45) is 2.29. The molecule has 6 nitrogen and oxygen atoms in total. The minimum absolute atomic E-state index is 0. The van der Waals surface area contributed by atoms with Gasteiger partial charge in [0.2, 0.25) is 0 Å². The van der Waals surface area contributed by atoms with Crippen molar-refractivity contribution >= 4 is 39.8 Å². The van der Waals surface area contributed by atoms with Crippen LogP contribution in [0.1, 0.15) is 31.4 Å². The number of sulfone groups is 1. The standard InChI is InChI=1S/C18H31FN4O2S.HI/c1-5-10-23(6-2)11-9-21-18(20-3)22-13-16-12-17(19)8-7-15(16)14-26(4,24)25;/h7-8,12H,5-6,9-11,13-14H2,1-4H3,(H2,20,21,22);1H. The van der Waals surface area contributed by atoms with Gasteiger partial charge in [0.15, 0.2) is 15.8 Å². The molecule has 1 rings (SSSR count). The van der Waals surface area contributed by atoms with E-state index in [0.717, 1.165) is 32.6 Å². The second-order valence-electron chi connectivity index (χ2n) is 6.27. The number of rotatable bonds is 10. The van der Waals surface area contributed by atoms with Crippen molar-refractivity contribution in [1.29, 1.82) is 0 Å². The highest BCUT2D eigenvalue weighted by atomic mass is 127. The van der Waals surface area contributed by atoms with Gasteiger partial charge in [0, 0.05) is 32.9 Å². The molecule has 0 atom stereocenters. The van der Waals surface area contributed by atoms with Crippen LogP contribution in [0.5, 0.6) is 0 Å². The zero-order valence-electron chi connectivity index (χ0n) is 16.6. The topological polar surface area (TPSA) is 73.8 Å². The van der Waals surface area contributed by atoms with E-state index in [1.807, 2.05) is 0 Å². The van der Waals surface area contributed by atoms with Crippen LogP contribution in [0.25, 0.3) is 0 Å². The lowest BCUT2D eigenvalue weighted by molar-refractivity contribution is 0.293. The third-order valence-corrected chi connectivity index (χ3v) is 4.80. The van der Waals surface area contributed by atoms with Gasteiger partial charge in [0.1, 0.15) is 5.82 Å². The molecule has 0 amide bonds. The quantitative estimate of drug-likeness (QED) is 0.285. The highest BCUT2D eigenvalue weighted by Gasteiger charge is 2.11. The zero-order chi connectivity index (χ0) is 19.6. The number of aliphatic imine (C=N–C) groups is 1. The van der Waals surface area contributed by atoms with Crippen LogP contribution in [0.4, 0.5) is 4.39 Å². The second-order valence-corrected chi connectivity index (χ2v) is 8.41. The van der Waals surface area contributed by atoms with Crippen LogP contribution in [-0.4, -0.2) is 58.8 Å². The summed E-state index contributed by atoms with van der Waals surface area (Å²) in [6.45, 7) is 8.30. The molecule has 0 aliphatic carbocycles. The Labute approximate surface area is 180 Å². The zero-order valence-corrected chi connectivity index (χ0v) is 19.7. The van der Waals surface area contributed by atoms with Gasteiger partial charge >= 0.3 is 0 Å². The van der Waals surface area contributed by atoms with E-state index < -0.39 is 9.84 Å². The first kappa shape index (κ1) is 26.1. The van der Waals surface area contributed by atoms with Gasteiger partial charge < -0.3 is 15.5 Å². The second kappa shape index (κ2) is 13.3. The van der Waals surface area contributed by atoms with E-state index in [1.165, 1.54) is 24.5 Å². The number of benzene rings is 1. The molecule has 0 heterocycles. The van der Waals surface area contributed by atoms with Crippen molar-refractivity contribution in [3.8, 4) is 0 Å². The number of hydrogen-bond donors (Lipinski definition) is 2. The van der Waals surface area contributed by atoms with Crippen LogP contribution < -0.4 is 10.6 Å². The fourth-order valence-corrected chi connectivity index (χ4v) is 3.51. The van der Waals surface area contributed by atoms with Crippen molar-refractivity contribution in [2.75, 3.05) is 39.5 Å². The lowest BCUT2D eigenvalue weighted by Crippen LogP contribution is -2.41. The summed E-state index contributed by atoms with van der Waals surface area (Å²) in [7, 11) is -1.52. The van der Waals surface area contributed by atoms with Crippen molar-refractivity contribution in [2.24, 2.45) is 4.99 Å². The third kappa shape index (κ3) is 10.8.